The Kier molecular flexibility index (Phi) is 5.35. The molecule has 4 heteroatoms. The third-order valence-corrected chi connectivity index (χ3v) is 4.20. The van der Waals surface area contributed by atoms with Crippen LogP contribution in [0.3, 0.4) is 0 Å². The zero-order valence-corrected chi connectivity index (χ0v) is 12.1. The molecular formula is C16H23F2NO. The Labute approximate surface area is 119 Å². The average Bonchev–Trinajstić information content (AvgIpc) is 2.92. The van der Waals surface area contributed by atoms with Crippen molar-refractivity contribution in [3.8, 4) is 5.75 Å². The van der Waals surface area contributed by atoms with Crippen molar-refractivity contribution < 1.29 is 13.5 Å². The summed E-state index contributed by atoms with van der Waals surface area (Å²) in [6.45, 7) is 1.50. The van der Waals surface area contributed by atoms with Crippen LogP contribution in [0, 0.1) is 5.92 Å². The lowest BCUT2D eigenvalue weighted by Gasteiger charge is -2.25. The second-order valence-corrected chi connectivity index (χ2v) is 5.67. The van der Waals surface area contributed by atoms with Crippen LogP contribution in [0.2, 0.25) is 0 Å². The molecule has 1 fully saturated rings. The van der Waals surface area contributed by atoms with Gasteiger partial charge in [-0.05, 0) is 50.3 Å². The standard InChI is InChI=1S/C16H23F2NO/c1-11(13-6-3-4-7-13)19-12(2)14-8-5-9-15(10-14)20-16(17)18/h5,8-13,16,19H,3-4,6-7H2,1-2H3. The van der Waals surface area contributed by atoms with E-state index in [1.807, 2.05) is 6.07 Å². The molecule has 1 aromatic carbocycles. The molecule has 1 N–H and O–H groups in total. The maximum absolute atomic E-state index is 12.2. The molecule has 20 heavy (non-hydrogen) atoms. The summed E-state index contributed by atoms with van der Waals surface area (Å²) in [5, 5.41) is 3.58. The minimum Gasteiger partial charge on any atom is -0.435 e. The molecule has 0 spiro atoms. The third-order valence-electron chi connectivity index (χ3n) is 4.20. The highest BCUT2D eigenvalue weighted by Crippen LogP contribution is 2.29. The molecule has 1 saturated carbocycles. The third kappa shape index (κ3) is 4.17. The predicted molar refractivity (Wildman–Crippen MR) is 76.0 cm³/mol. The minimum absolute atomic E-state index is 0.131. The SMILES string of the molecule is CC(NC(C)C1CCCC1)c1cccc(OC(F)F)c1. The van der Waals surface area contributed by atoms with E-state index in [1.165, 1.54) is 25.7 Å². The summed E-state index contributed by atoms with van der Waals surface area (Å²) in [4.78, 5) is 0. The van der Waals surface area contributed by atoms with Gasteiger partial charge in [0.1, 0.15) is 5.75 Å². The zero-order valence-electron chi connectivity index (χ0n) is 12.1. The van der Waals surface area contributed by atoms with E-state index in [9.17, 15) is 8.78 Å². The molecule has 0 aliphatic heterocycles. The first-order chi connectivity index (χ1) is 9.56. The molecule has 0 heterocycles. The molecule has 2 unspecified atom stereocenters. The van der Waals surface area contributed by atoms with Gasteiger partial charge in [-0.1, -0.05) is 25.0 Å². The minimum atomic E-state index is -2.77. The molecule has 0 saturated heterocycles. The van der Waals surface area contributed by atoms with Gasteiger partial charge in [-0.3, -0.25) is 0 Å². The van der Waals surface area contributed by atoms with E-state index in [-0.39, 0.29) is 11.8 Å². The van der Waals surface area contributed by atoms with E-state index in [0.717, 1.165) is 11.5 Å². The molecule has 0 amide bonds. The van der Waals surface area contributed by atoms with Gasteiger partial charge in [0.05, 0.1) is 0 Å². The van der Waals surface area contributed by atoms with Gasteiger partial charge in [-0.15, -0.1) is 0 Å². The van der Waals surface area contributed by atoms with Gasteiger partial charge in [0.2, 0.25) is 0 Å². The van der Waals surface area contributed by atoms with Crippen molar-refractivity contribution in [3.63, 3.8) is 0 Å². The van der Waals surface area contributed by atoms with E-state index >= 15 is 0 Å². The van der Waals surface area contributed by atoms with Crippen LogP contribution in [-0.2, 0) is 0 Å². The van der Waals surface area contributed by atoms with Crippen molar-refractivity contribution in [1.29, 1.82) is 0 Å². The molecule has 2 nitrogen and oxygen atoms in total. The first-order valence-electron chi connectivity index (χ1n) is 7.37. The highest BCUT2D eigenvalue weighted by molar-refractivity contribution is 5.30. The average molecular weight is 283 g/mol. The maximum Gasteiger partial charge on any atom is 0.387 e. The lowest BCUT2D eigenvalue weighted by Crippen LogP contribution is -2.34. The summed E-state index contributed by atoms with van der Waals surface area (Å²) in [6.07, 6.45) is 5.22. The number of rotatable bonds is 6. The highest BCUT2D eigenvalue weighted by atomic mass is 19.3. The van der Waals surface area contributed by atoms with Gasteiger partial charge < -0.3 is 10.1 Å². The Balaban J connectivity index is 1.95. The van der Waals surface area contributed by atoms with Crippen molar-refractivity contribution in [3.05, 3.63) is 29.8 Å². The zero-order chi connectivity index (χ0) is 14.5. The van der Waals surface area contributed by atoms with E-state index in [2.05, 4.69) is 23.9 Å². The van der Waals surface area contributed by atoms with Gasteiger partial charge in [-0.25, -0.2) is 0 Å². The number of hydrogen-bond acceptors (Lipinski definition) is 2. The van der Waals surface area contributed by atoms with Crippen molar-refractivity contribution in [2.45, 2.75) is 58.2 Å². The number of hydrogen-bond donors (Lipinski definition) is 1. The Morgan fingerprint density at radius 2 is 1.90 bits per heavy atom. The molecular weight excluding hydrogens is 260 g/mol. The fourth-order valence-electron chi connectivity index (χ4n) is 3.04. The molecule has 0 radical (unpaired) electrons. The second-order valence-electron chi connectivity index (χ2n) is 5.67. The smallest absolute Gasteiger partial charge is 0.387 e. The first-order valence-corrected chi connectivity index (χ1v) is 7.37. The van der Waals surface area contributed by atoms with Crippen LogP contribution in [0.25, 0.3) is 0 Å². The van der Waals surface area contributed by atoms with E-state index < -0.39 is 6.61 Å². The quantitative estimate of drug-likeness (QED) is 0.829. The second kappa shape index (κ2) is 7.02. The maximum atomic E-state index is 12.2. The molecule has 0 bridgehead atoms. The normalized spacial score (nSPS) is 19.2. The number of halogens is 2. The van der Waals surface area contributed by atoms with Gasteiger partial charge >= 0.3 is 6.61 Å². The topological polar surface area (TPSA) is 21.3 Å². The van der Waals surface area contributed by atoms with Crippen molar-refractivity contribution in [2.24, 2.45) is 5.92 Å². The van der Waals surface area contributed by atoms with Crippen LogP contribution >= 0.6 is 0 Å². The van der Waals surface area contributed by atoms with E-state index in [0.29, 0.717) is 6.04 Å². The van der Waals surface area contributed by atoms with E-state index in [1.54, 1.807) is 18.2 Å². The largest absolute Gasteiger partial charge is 0.435 e. The summed E-state index contributed by atoms with van der Waals surface area (Å²) >= 11 is 0. The van der Waals surface area contributed by atoms with Gasteiger partial charge in [0, 0.05) is 12.1 Å². The first kappa shape index (κ1) is 15.2. The summed E-state index contributed by atoms with van der Waals surface area (Å²) in [6, 6.07) is 7.52. The Bertz CT molecular complexity index is 419. The van der Waals surface area contributed by atoms with Crippen molar-refractivity contribution in [2.75, 3.05) is 0 Å². The van der Waals surface area contributed by atoms with Crippen LogP contribution in [0.15, 0.2) is 24.3 Å². The lowest BCUT2D eigenvalue weighted by atomic mass is 9.98. The summed E-state index contributed by atoms with van der Waals surface area (Å²) in [5.74, 6) is 0.956. The van der Waals surface area contributed by atoms with Crippen molar-refractivity contribution >= 4 is 0 Å². The number of alkyl halides is 2. The molecule has 1 aliphatic rings. The fourth-order valence-corrected chi connectivity index (χ4v) is 3.04. The summed E-state index contributed by atoms with van der Waals surface area (Å²) < 4.78 is 28.9. The van der Waals surface area contributed by atoms with Gasteiger partial charge in [-0.2, -0.15) is 8.78 Å². The summed E-state index contributed by atoms with van der Waals surface area (Å²) in [5.41, 5.74) is 0.980. The highest BCUT2D eigenvalue weighted by Gasteiger charge is 2.22. The molecule has 0 aromatic heterocycles. The molecule has 1 aliphatic carbocycles. The predicted octanol–water partition coefficient (Wildman–Crippen LogP) is 4.52. The Morgan fingerprint density at radius 3 is 2.55 bits per heavy atom. The van der Waals surface area contributed by atoms with Crippen LogP contribution in [-0.4, -0.2) is 12.7 Å². The lowest BCUT2D eigenvalue weighted by molar-refractivity contribution is -0.0499. The fraction of sp³-hybridized carbons (Fsp3) is 0.625. The van der Waals surface area contributed by atoms with Gasteiger partial charge in [0.25, 0.3) is 0 Å². The Hall–Kier alpha value is -1.16. The van der Waals surface area contributed by atoms with Crippen molar-refractivity contribution in [1.82, 2.24) is 5.32 Å². The van der Waals surface area contributed by atoms with Crippen LogP contribution in [0.4, 0.5) is 8.78 Å². The molecule has 112 valence electrons. The van der Waals surface area contributed by atoms with Crippen LogP contribution in [0.1, 0.15) is 51.1 Å². The monoisotopic (exact) mass is 283 g/mol. The Morgan fingerprint density at radius 1 is 1.20 bits per heavy atom. The van der Waals surface area contributed by atoms with Crippen LogP contribution < -0.4 is 10.1 Å². The van der Waals surface area contributed by atoms with Crippen LogP contribution in [0.5, 0.6) is 5.75 Å². The molecule has 2 rings (SSSR count). The number of ether oxygens (including phenoxy) is 1. The van der Waals surface area contributed by atoms with Gasteiger partial charge in [0.15, 0.2) is 0 Å². The number of nitrogens with one attached hydrogen (secondary N) is 1. The molecule has 1 aromatic rings. The number of benzene rings is 1. The molecule has 2 atom stereocenters. The summed E-state index contributed by atoms with van der Waals surface area (Å²) in [7, 11) is 0. The van der Waals surface area contributed by atoms with E-state index in [4.69, 9.17) is 0 Å².